The molecule has 2 aromatic carbocycles. The van der Waals surface area contributed by atoms with Crippen molar-refractivity contribution in [3.8, 4) is 11.3 Å². The first-order chi connectivity index (χ1) is 12.1. The standard InChI is InChI=1S/C19H15Cl2N3O/c1-22-12-5-7-14(17(21)11-12)19(25)24-13-6-8-16(20)15(10-13)18-4-2-3-9-23-18/h2-11,22H,1H3,(H,24,25). The fourth-order valence-electron chi connectivity index (χ4n) is 2.37. The molecule has 0 unspecified atom stereocenters. The van der Waals surface area contributed by atoms with Crippen molar-refractivity contribution in [2.24, 2.45) is 0 Å². The van der Waals surface area contributed by atoms with Crippen molar-refractivity contribution >= 4 is 40.5 Å². The van der Waals surface area contributed by atoms with Gasteiger partial charge in [-0.3, -0.25) is 9.78 Å². The quantitative estimate of drug-likeness (QED) is 0.649. The Morgan fingerprint density at radius 3 is 2.44 bits per heavy atom. The monoisotopic (exact) mass is 371 g/mol. The number of carbonyl (C=O) groups is 1. The third-order valence-electron chi connectivity index (χ3n) is 3.67. The number of hydrogen-bond donors (Lipinski definition) is 2. The Labute approximate surface area is 155 Å². The van der Waals surface area contributed by atoms with Crippen molar-refractivity contribution < 1.29 is 4.79 Å². The van der Waals surface area contributed by atoms with E-state index in [0.29, 0.717) is 21.3 Å². The summed E-state index contributed by atoms with van der Waals surface area (Å²) in [4.78, 5) is 16.8. The minimum Gasteiger partial charge on any atom is -0.388 e. The molecular formula is C19H15Cl2N3O. The molecule has 3 rings (SSSR count). The van der Waals surface area contributed by atoms with Crippen LogP contribution in [0.3, 0.4) is 0 Å². The summed E-state index contributed by atoms with van der Waals surface area (Å²) >= 11 is 12.5. The van der Waals surface area contributed by atoms with Gasteiger partial charge < -0.3 is 10.6 Å². The van der Waals surface area contributed by atoms with Crippen molar-refractivity contribution in [3.63, 3.8) is 0 Å². The van der Waals surface area contributed by atoms with E-state index in [9.17, 15) is 4.79 Å². The number of pyridine rings is 1. The van der Waals surface area contributed by atoms with Gasteiger partial charge in [-0.05, 0) is 48.5 Å². The van der Waals surface area contributed by atoms with E-state index in [2.05, 4.69) is 15.6 Å². The fourth-order valence-corrected chi connectivity index (χ4v) is 2.86. The van der Waals surface area contributed by atoms with Crippen LogP contribution in [0.5, 0.6) is 0 Å². The van der Waals surface area contributed by atoms with Gasteiger partial charge in [0.15, 0.2) is 0 Å². The summed E-state index contributed by atoms with van der Waals surface area (Å²) in [5.41, 5.74) is 3.33. The van der Waals surface area contributed by atoms with Gasteiger partial charge in [0.05, 0.1) is 21.3 Å². The van der Waals surface area contributed by atoms with Gasteiger partial charge in [-0.25, -0.2) is 0 Å². The van der Waals surface area contributed by atoms with E-state index in [0.717, 1.165) is 16.9 Å². The molecule has 1 amide bonds. The van der Waals surface area contributed by atoms with Crippen LogP contribution in [0.4, 0.5) is 11.4 Å². The van der Waals surface area contributed by atoms with Crippen LogP contribution < -0.4 is 10.6 Å². The molecule has 0 aliphatic rings. The van der Waals surface area contributed by atoms with Crippen LogP contribution in [0.1, 0.15) is 10.4 Å². The number of rotatable bonds is 4. The molecule has 25 heavy (non-hydrogen) atoms. The Hall–Kier alpha value is -2.56. The summed E-state index contributed by atoms with van der Waals surface area (Å²) in [5.74, 6) is -0.290. The first kappa shape index (κ1) is 17.3. The topological polar surface area (TPSA) is 54.0 Å². The SMILES string of the molecule is CNc1ccc(C(=O)Nc2ccc(Cl)c(-c3ccccn3)c2)c(Cl)c1. The van der Waals surface area contributed by atoms with E-state index in [-0.39, 0.29) is 5.91 Å². The molecule has 3 aromatic rings. The molecule has 0 aliphatic carbocycles. The average Bonchev–Trinajstić information content (AvgIpc) is 2.63. The second-order valence-electron chi connectivity index (χ2n) is 5.31. The van der Waals surface area contributed by atoms with Crippen LogP contribution in [0.2, 0.25) is 10.0 Å². The lowest BCUT2D eigenvalue weighted by atomic mass is 10.1. The largest absolute Gasteiger partial charge is 0.388 e. The molecule has 0 saturated heterocycles. The second kappa shape index (κ2) is 7.55. The first-order valence-corrected chi connectivity index (χ1v) is 8.33. The number of aromatic nitrogens is 1. The molecule has 0 saturated carbocycles. The van der Waals surface area contributed by atoms with Crippen molar-refractivity contribution in [1.82, 2.24) is 4.98 Å². The Kier molecular flexibility index (Phi) is 5.22. The van der Waals surface area contributed by atoms with Gasteiger partial charge in [-0.1, -0.05) is 29.3 Å². The third kappa shape index (κ3) is 3.92. The molecule has 0 radical (unpaired) electrons. The van der Waals surface area contributed by atoms with Gasteiger partial charge in [-0.2, -0.15) is 0 Å². The highest BCUT2D eigenvalue weighted by Gasteiger charge is 2.13. The molecule has 0 atom stereocenters. The number of benzene rings is 2. The van der Waals surface area contributed by atoms with Crippen molar-refractivity contribution in [3.05, 3.63) is 76.4 Å². The molecule has 0 aliphatic heterocycles. The normalized spacial score (nSPS) is 10.4. The maximum Gasteiger partial charge on any atom is 0.257 e. The molecule has 2 N–H and O–H groups in total. The Bertz CT molecular complexity index is 914. The third-order valence-corrected chi connectivity index (χ3v) is 4.31. The highest BCUT2D eigenvalue weighted by Crippen LogP contribution is 2.30. The molecule has 4 nitrogen and oxygen atoms in total. The second-order valence-corrected chi connectivity index (χ2v) is 6.12. The number of anilines is 2. The van der Waals surface area contributed by atoms with E-state index in [1.807, 2.05) is 18.2 Å². The summed E-state index contributed by atoms with van der Waals surface area (Å²) in [6, 6.07) is 16.0. The molecule has 1 heterocycles. The van der Waals surface area contributed by atoms with E-state index in [1.165, 1.54) is 0 Å². The smallest absolute Gasteiger partial charge is 0.257 e. The lowest BCUT2D eigenvalue weighted by Crippen LogP contribution is -2.12. The molecule has 6 heteroatoms. The lowest BCUT2D eigenvalue weighted by molar-refractivity contribution is 0.102. The molecular weight excluding hydrogens is 357 g/mol. The van der Waals surface area contributed by atoms with Crippen LogP contribution in [-0.4, -0.2) is 17.9 Å². The van der Waals surface area contributed by atoms with Gasteiger partial charge in [0, 0.05) is 30.2 Å². The minimum atomic E-state index is -0.290. The van der Waals surface area contributed by atoms with E-state index < -0.39 is 0 Å². The number of amides is 1. The van der Waals surface area contributed by atoms with Gasteiger partial charge in [0.2, 0.25) is 0 Å². The van der Waals surface area contributed by atoms with Gasteiger partial charge >= 0.3 is 0 Å². The predicted molar refractivity (Wildman–Crippen MR) is 104 cm³/mol. The maximum atomic E-state index is 12.5. The van der Waals surface area contributed by atoms with Crippen LogP contribution >= 0.6 is 23.2 Å². The number of carbonyl (C=O) groups excluding carboxylic acids is 1. The van der Waals surface area contributed by atoms with Gasteiger partial charge in [0.25, 0.3) is 5.91 Å². The fraction of sp³-hybridized carbons (Fsp3) is 0.0526. The molecule has 0 bridgehead atoms. The number of halogens is 2. The molecule has 1 aromatic heterocycles. The van der Waals surface area contributed by atoms with Crippen molar-refractivity contribution in [2.45, 2.75) is 0 Å². The number of nitrogens with one attached hydrogen (secondary N) is 2. The van der Waals surface area contributed by atoms with Gasteiger partial charge in [0.1, 0.15) is 0 Å². The van der Waals surface area contributed by atoms with Crippen LogP contribution in [0.15, 0.2) is 60.8 Å². The summed E-state index contributed by atoms with van der Waals surface area (Å²) in [7, 11) is 1.79. The van der Waals surface area contributed by atoms with Crippen LogP contribution in [-0.2, 0) is 0 Å². The average molecular weight is 372 g/mol. The highest BCUT2D eigenvalue weighted by molar-refractivity contribution is 6.35. The maximum absolute atomic E-state index is 12.5. The lowest BCUT2D eigenvalue weighted by Gasteiger charge is -2.10. The van der Waals surface area contributed by atoms with E-state index >= 15 is 0 Å². The molecule has 0 fully saturated rings. The zero-order valence-corrected chi connectivity index (χ0v) is 14.9. The summed E-state index contributed by atoms with van der Waals surface area (Å²) in [6.07, 6.45) is 1.69. The Balaban J connectivity index is 1.87. The molecule has 126 valence electrons. The highest BCUT2D eigenvalue weighted by atomic mass is 35.5. The van der Waals surface area contributed by atoms with Crippen molar-refractivity contribution in [1.29, 1.82) is 0 Å². The van der Waals surface area contributed by atoms with Crippen molar-refractivity contribution in [2.75, 3.05) is 17.7 Å². The zero-order valence-electron chi connectivity index (χ0n) is 13.4. The van der Waals surface area contributed by atoms with E-state index in [1.54, 1.807) is 49.6 Å². The number of hydrogen-bond acceptors (Lipinski definition) is 3. The van der Waals surface area contributed by atoms with Crippen LogP contribution in [0, 0.1) is 0 Å². The number of nitrogens with zero attached hydrogens (tertiary/aromatic N) is 1. The Morgan fingerprint density at radius 2 is 1.76 bits per heavy atom. The summed E-state index contributed by atoms with van der Waals surface area (Å²) < 4.78 is 0. The first-order valence-electron chi connectivity index (χ1n) is 7.58. The summed E-state index contributed by atoms with van der Waals surface area (Å²) in [5, 5.41) is 6.76. The zero-order chi connectivity index (χ0) is 17.8. The van der Waals surface area contributed by atoms with Gasteiger partial charge in [-0.15, -0.1) is 0 Å². The van der Waals surface area contributed by atoms with Crippen LogP contribution in [0.25, 0.3) is 11.3 Å². The molecule has 0 spiro atoms. The predicted octanol–water partition coefficient (Wildman–Crippen LogP) is 5.35. The summed E-state index contributed by atoms with van der Waals surface area (Å²) in [6.45, 7) is 0. The van der Waals surface area contributed by atoms with E-state index in [4.69, 9.17) is 23.2 Å². The Morgan fingerprint density at radius 1 is 0.960 bits per heavy atom. The minimum absolute atomic E-state index is 0.290.